The van der Waals surface area contributed by atoms with Crippen molar-refractivity contribution in [3.8, 4) is 0 Å². The fourth-order valence-corrected chi connectivity index (χ4v) is 0. The molecule has 0 aromatic rings. The average molecular weight is 791 g/mol. The third-order valence-corrected chi connectivity index (χ3v) is 130. The summed E-state index contributed by atoms with van der Waals surface area (Å²) in [6.07, 6.45) is 0. The molecule has 0 spiro atoms. The van der Waals surface area contributed by atoms with Crippen molar-refractivity contribution in [2.24, 2.45) is 0 Å². The van der Waals surface area contributed by atoms with Gasteiger partial charge in [0.15, 0.2) is 0 Å². The normalized spacial score (nSPS) is 19.2. The molecule has 8 heavy (non-hydrogen) atoms. The Morgan fingerprint density at radius 1 is 1.00 bits per heavy atom. The Kier molecular flexibility index (Phi) is 6.28. The van der Waals surface area contributed by atoms with Crippen LogP contribution in [-0.2, 0) is 0 Å². The molecule has 0 unspecified atom stereocenters. The molecule has 0 fully saturated rings. The van der Waals surface area contributed by atoms with E-state index in [-0.39, 0.29) is 0 Å². The summed E-state index contributed by atoms with van der Waals surface area (Å²) in [5, 5.41) is 0. The molecule has 6 heteroatoms. The van der Waals surface area contributed by atoms with E-state index in [1.807, 2.05) is 0 Å². The molecule has 56 valence electrons. The minimum absolute atomic E-state index is 0.497. The van der Waals surface area contributed by atoms with E-state index in [1.165, 1.54) is 0 Å². The van der Waals surface area contributed by atoms with Crippen LogP contribution in [0.15, 0.2) is 0 Å². The summed E-state index contributed by atoms with van der Waals surface area (Å²) in [6.45, 7) is 0. The van der Waals surface area contributed by atoms with Gasteiger partial charge in [0.25, 0.3) is 0 Å². The van der Waals surface area contributed by atoms with Gasteiger partial charge < -0.3 is 0 Å². The fraction of sp³-hybridized carbons (Fsp3) is 1.00. The predicted octanol–water partition coefficient (Wildman–Crippen LogP) is 5.65. The van der Waals surface area contributed by atoms with Crippen molar-refractivity contribution in [2.75, 3.05) is 9.86 Å². The van der Waals surface area contributed by atoms with Gasteiger partial charge in [-0.3, -0.25) is 0 Å². The van der Waals surface area contributed by atoms with E-state index in [9.17, 15) is 0 Å². The van der Waals surface area contributed by atoms with Crippen LogP contribution in [0, 0.1) is 0 Å². The van der Waals surface area contributed by atoms with Crippen LogP contribution in [-0.4, -0.2) is 9.86 Å². The van der Waals surface area contributed by atoms with E-state index in [0.717, 1.165) is 0 Å². The first-order chi connectivity index (χ1) is 3.20. The van der Waals surface area contributed by atoms with Crippen molar-refractivity contribution < 1.29 is 0 Å². The third kappa shape index (κ3) is 5.96. The monoisotopic (exact) mass is 791 g/mol. The molecule has 0 bridgehead atoms. The first-order valence-corrected chi connectivity index (χ1v) is 37.2. The first-order valence-electron chi connectivity index (χ1n) is 1.47. The molecular weight excluding hydrogens is 785 g/mol. The van der Waals surface area contributed by atoms with Gasteiger partial charge in [0.2, 0.25) is 0 Å². The van der Waals surface area contributed by atoms with Crippen molar-refractivity contribution >= 4 is 87.5 Å². The van der Waals surface area contributed by atoms with Gasteiger partial charge in [0, 0.05) is 0 Å². The molecule has 0 saturated heterocycles. The SMILES string of the molecule is CI(C)I(I)(I)(I)I. The molecule has 0 N–H and O–H groups in total. The fourth-order valence-electron chi connectivity index (χ4n) is 0. The molecule has 0 aromatic heterocycles. The van der Waals surface area contributed by atoms with Crippen molar-refractivity contribution in [1.29, 1.82) is 0 Å². The predicted molar refractivity (Wildman–Crippen MR) is 96.0 cm³/mol. The summed E-state index contributed by atoms with van der Waals surface area (Å²) in [7, 11) is 0. The van der Waals surface area contributed by atoms with Gasteiger partial charge in [-0.25, -0.2) is 0 Å². The summed E-state index contributed by atoms with van der Waals surface area (Å²) in [5.41, 5.74) is 0. The topological polar surface area (TPSA) is 0 Å². The molecule has 0 aliphatic rings. The zero-order chi connectivity index (χ0) is 7.02. The third-order valence-electron chi connectivity index (χ3n) is 0.432. The summed E-state index contributed by atoms with van der Waals surface area (Å²) in [4.78, 5) is 4.94. The van der Waals surface area contributed by atoms with E-state index in [2.05, 4.69) is 84.3 Å². The number of hydrogen-bond acceptors (Lipinski definition) is 0. The number of alkyl halides is 2. The van der Waals surface area contributed by atoms with E-state index in [0.29, 0.717) is 0 Å². The number of rotatable bonds is 1. The van der Waals surface area contributed by atoms with Crippen LogP contribution in [0.4, 0.5) is 0 Å². The van der Waals surface area contributed by atoms with Gasteiger partial charge in [-0.1, -0.05) is 0 Å². The summed E-state index contributed by atoms with van der Waals surface area (Å²) >= 11 is 10.4. The quantitative estimate of drug-likeness (QED) is 0.239. The molecule has 0 aliphatic heterocycles. The second kappa shape index (κ2) is 4.06. The Balaban J connectivity index is 4.14. The van der Waals surface area contributed by atoms with Gasteiger partial charge in [-0.15, -0.1) is 0 Å². The molecule has 0 aromatic carbocycles. The molecular formula is C2H6I6. The van der Waals surface area contributed by atoms with Gasteiger partial charge in [-0.05, 0) is 0 Å². The number of halogens is 6. The molecule has 0 rings (SSSR count). The minimum atomic E-state index is -1.69. The average Bonchev–Trinajstić information content (AvgIpc) is 1.27. The molecule has 0 saturated carbocycles. The van der Waals surface area contributed by atoms with Crippen LogP contribution < -0.4 is 0 Å². The number of hydrogen-bond donors (Lipinski definition) is 0. The van der Waals surface area contributed by atoms with Crippen LogP contribution >= 0.6 is 87.5 Å². The first kappa shape index (κ1) is 12.4. The zero-order valence-corrected chi connectivity index (χ0v) is 17.2. The molecule has 0 amide bonds. The van der Waals surface area contributed by atoms with Gasteiger partial charge in [0.1, 0.15) is 0 Å². The van der Waals surface area contributed by atoms with Crippen LogP contribution in [0.1, 0.15) is 0 Å². The Morgan fingerprint density at radius 3 is 1.12 bits per heavy atom. The van der Waals surface area contributed by atoms with Crippen molar-refractivity contribution in [2.45, 2.75) is 0 Å². The Bertz CT molecular complexity index is 77.2. The standard InChI is InChI=1S/C2H6I6/c1-7(2)8(3,4,5)6/h1-2H3. The summed E-state index contributed by atoms with van der Waals surface area (Å²) < 4.78 is -1.69. The second-order valence-electron chi connectivity index (χ2n) is 1.20. The van der Waals surface area contributed by atoms with E-state index in [1.54, 1.807) is 0 Å². The van der Waals surface area contributed by atoms with Crippen LogP contribution in [0.25, 0.3) is 0 Å². The van der Waals surface area contributed by atoms with Crippen LogP contribution in [0.3, 0.4) is 0 Å². The molecule has 0 heterocycles. The Labute approximate surface area is 93.6 Å². The Hall–Kier alpha value is 4.38. The van der Waals surface area contributed by atoms with Crippen LogP contribution in [0.5, 0.6) is 0 Å². The van der Waals surface area contributed by atoms with E-state index in [4.69, 9.17) is 0 Å². The molecule has 0 atom stereocenters. The Morgan fingerprint density at radius 2 is 1.12 bits per heavy atom. The summed E-state index contributed by atoms with van der Waals surface area (Å²) in [5.74, 6) is 0. The summed E-state index contributed by atoms with van der Waals surface area (Å²) in [6, 6.07) is 0. The van der Waals surface area contributed by atoms with Crippen molar-refractivity contribution in [1.82, 2.24) is 0 Å². The van der Waals surface area contributed by atoms with E-state index >= 15 is 0 Å². The van der Waals surface area contributed by atoms with Gasteiger partial charge >= 0.3 is 97.3 Å². The van der Waals surface area contributed by atoms with Gasteiger partial charge in [0.05, 0.1) is 0 Å². The van der Waals surface area contributed by atoms with Crippen molar-refractivity contribution in [3.05, 3.63) is 0 Å². The van der Waals surface area contributed by atoms with Crippen LogP contribution in [0.2, 0.25) is 0 Å². The molecule has 0 radical (unpaired) electrons. The van der Waals surface area contributed by atoms with E-state index < -0.39 is 13.0 Å². The maximum atomic E-state index is 2.72. The molecule has 0 nitrogen and oxygen atoms in total. The second-order valence-corrected chi connectivity index (χ2v) is 178. The van der Waals surface area contributed by atoms with Gasteiger partial charge in [-0.2, -0.15) is 0 Å². The van der Waals surface area contributed by atoms with Crippen molar-refractivity contribution in [3.63, 3.8) is 0 Å². The molecule has 0 aliphatic carbocycles. The maximum absolute atomic E-state index is 2.72. The zero-order valence-electron chi connectivity index (χ0n) is 4.27.